The number of hydrogen-bond donors (Lipinski definition) is 2. The number of hydrogen-bond acceptors (Lipinski definition) is 5. The number of carbonyl (C=O) groups is 2. The van der Waals surface area contributed by atoms with Gasteiger partial charge in [-0.2, -0.15) is 0 Å². The Kier molecular flexibility index (Phi) is 4.71. The second-order valence-electron chi connectivity index (χ2n) is 4.92. The Morgan fingerprint density at radius 1 is 1.00 bits per heavy atom. The van der Waals surface area contributed by atoms with Crippen LogP contribution < -0.4 is 5.32 Å². The molecule has 122 valence electrons. The normalized spacial score (nSPS) is 10.3. The van der Waals surface area contributed by atoms with Crippen molar-refractivity contribution in [1.29, 1.82) is 0 Å². The van der Waals surface area contributed by atoms with E-state index in [1.165, 1.54) is 0 Å². The van der Waals surface area contributed by atoms with E-state index in [1.807, 2.05) is 42.5 Å². The van der Waals surface area contributed by atoms with E-state index in [4.69, 9.17) is 9.47 Å². The smallest absolute Gasteiger partial charge is 0.410 e. The van der Waals surface area contributed by atoms with Crippen LogP contribution in [0.15, 0.2) is 54.6 Å². The molecule has 3 rings (SSSR count). The lowest BCUT2D eigenvalue weighted by Gasteiger charge is -2.07. The zero-order chi connectivity index (χ0) is 16.8. The molecule has 7 nitrogen and oxygen atoms in total. The summed E-state index contributed by atoms with van der Waals surface area (Å²) in [5, 5.41) is 2.34. The van der Waals surface area contributed by atoms with E-state index in [0.717, 1.165) is 11.1 Å². The van der Waals surface area contributed by atoms with Crippen molar-refractivity contribution in [3.8, 4) is 0 Å². The maximum absolute atomic E-state index is 11.9. The van der Waals surface area contributed by atoms with Crippen LogP contribution in [0.25, 0.3) is 11.0 Å². The second kappa shape index (κ2) is 7.28. The van der Waals surface area contributed by atoms with Crippen molar-refractivity contribution in [3.05, 3.63) is 66.0 Å². The highest BCUT2D eigenvalue weighted by Gasteiger charge is 2.13. The lowest BCUT2D eigenvalue weighted by Crippen LogP contribution is -2.28. The number of benzene rings is 2. The van der Waals surface area contributed by atoms with E-state index in [0.29, 0.717) is 5.52 Å². The van der Waals surface area contributed by atoms with Crippen LogP contribution in [0.4, 0.5) is 4.79 Å². The molecule has 0 spiro atoms. The Hall–Kier alpha value is -3.35. The molecule has 24 heavy (non-hydrogen) atoms. The Labute approximate surface area is 137 Å². The van der Waals surface area contributed by atoms with E-state index >= 15 is 0 Å². The Balaban J connectivity index is 1.43. The number of H-pyrrole nitrogens is 1. The standard InChI is InChI=1S/C17H15N3O4/c21-16(15-19-13-8-4-5-9-14(13)20-15)24-11-18-17(22)23-10-12-6-2-1-3-7-12/h1-9H,10-11H2,(H,18,22)(H,19,20). The van der Waals surface area contributed by atoms with Crippen LogP contribution in [-0.4, -0.2) is 28.8 Å². The van der Waals surface area contributed by atoms with E-state index < -0.39 is 12.1 Å². The van der Waals surface area contributed by atoms with Crippen molar-refractivity contribution < 1.29 is 19.1 Å². The number of nitrogens with one attached hydrogen (secondary N) is 2. The van der Waals surface area contributed by atoms with Gasteiger partial charge in [-0.25, -0.2) is 14.6 Å². The van der Waals surface area contributed by atoms with E-state index in [1.54, 1.807) is 12.1 Å². The molecule has 0 aliphatic heterocycles. The summed E-state index contributed by atoms with van der Waals surface area (Å²) in [7, 11) is 0. The number of aromatic nitrogens is 2. The van der Waals surface area contributed by atoms with E-state index in [2.05, 4.69) is 15.3 Å². The third kappa shape index (κ3) is 3.89. The van der Waals surface area contributed by atoms with Crippen molar-refractivity contribution in [2.75, 3.05) is 6.73 Å². The van der Waals surface area contributed by atoms with Gasteiger partial charge >= 0.3 is 12.1 Å². The van der Waals surface area contributed by atoms with Crippen LogP contribution in [0.2, 0.25) is 0 Å². The summed E-state index contributed by atoms with van der Waals surface area (Å²) in [6, 6.07) is 16.5. The maximum atomic E-state index is 11.9. The lowest BCUT2D eigenvalue weighted by atomic mass is 10.2. The minimum Gasteiger partial charge on any atom is -0.445 e. The van der Waals surface area contributed by atoms with Gasteiger partial charge in [0.1, 0.15) is 6.61 Å². The highest BCUT2D eigenvalue weighted by atomic mass is 16.6. The van der Waals surface area contributed by atoms with Gasteiger partial charge in [-0.3, -0.25) is 5.32 Å². The monoisotopic (exact) mass is 325 g/mol. The zero-order valence-corrected chi connectivity index (χ0v) is 12.7. The Bertz CT molecular complexity index is 812. The molecule has 0 bridgehead atoms. The van der Waals surface area contributed by atoms with Crippen molar-refractivity contribution in [1.82, 2.24) is 15.3 Å². The van der Waals surface area contributed by atoms with Crippen molar-refractivity contribution >= 4 is 23.1 Å². The Morgan fingerprint density at radius 2 is 1.75 bits per heavy atom. The number of para-hydroxylation sites is 2. The van der Waals surface area contributed by atoms with Crippen molar-refractivity contribution in [2.45, 2.75) is 6.61 Å². The average Bonchev–Trinajstić information content (AvgIpc) is 3.05. The molecule has 3 aromatic rings. The molecular formula is C17H15N3O4. The number of fused-ring (bicyclic) bond motifs is 1. The quantitative estimate of drug-likeness (QED) is 0.555. The van der Waals surface area contributed by atoms with Crippen LogP contribution >= 0.6 is 0 Å². The molecule has 7 heteroatoms. The largest absolute Gasteiger partial charge is 0.445 e. The molecule has 0 radical (unpaired) electrons. The Morgan fingerprint density at radius 3 is 2.54 bits per heavy atom. The SMILES string of the molecule is O=C(NCOC(=O)c1nc2ccccc2[nH]1)OCc1ccccc1. The number of amides is 1. The van der Waals surface area contributed by atoms with Gasteiger partial charge in [0.15, 0.2) is 6.73 Å². The van der Waals surface area contributed by atoms with Gasteiger partial charge in [0.05, 0.1) is 11.0 Å². The lowest BCUT2D eigenvalue weighted by molar-refractivity contribution is 0.0448. The van der Waals surface area contributed by atoms with Gasteiger partial charge in [0.2, 0.25) is 5.82 Å². The zero-order valence-electron chi connectivity index (χ0n) is 12.7. The average molecular weight is 325 g/mol. The molecule has 0 saturated carbocycles. The van der Waals surface area contributed by atoms with Gasteiger partial charge in [0, 0.05) is 0 Å². The first kappa shape index (κ1) is 15.5. The minimum absolute atomic E-state index is 0.0793. The molecule has 1 heterocycles. The van der Waals surface area contributed by atoms with Gasteiger partial charge in [-0.15, -0.1) is 0 Å². The minimum atomic E-state index is -0.670. The highest BCUT2D eigenvalue weighted by Crippen LogP contribution is 2.10. The maximum Gasteiger partial charge on any atom is 0.410 e. The fourth-order valence-electron chi connectivity index (χ4n) is 2.05. The number of nitrogens with zero attached hydrogens (tertiary/aromatic N) is 1. The number of alkyl carbamates (subject to hydrolysis) is 1. The van der Waals surface area contributed by atoms with Crippen LogP contribution in [0, 0.1) is 0 Å². The molecular weight excluding hydrogens is 310 g/mol. The highest BCUT2D eigenvalue weighted by molar-refractivity contribution is 5.90. The molecule has 1 amide bonds. The predicted molar refractivity (Wildman–Crippen MR) is 86.1 cm³/mol. The number of esters is 1. The number of carbonyl (C=O) groups excluding carboxylic acids is 2. The molecule has 0 atom stereocenters. The van der Waals surface area contributed by atoms with Crippen LogP contribution in [0.3, 0.4) is 0 Å². The summed E-state index contributed by atoms with van der Waals surface area (Å²) in [5.74, 6) is -0.579. The number of rotatable bonds is 5. The second-order valence-corrected chi connectivity index (χ2v) is 4.92. The fourth-order valence-corrected chi connectivity index (χ4v) is 2.05. The summed E-state index contributed by atoms with van der Waals surface area (Å²) in [6.07, 6.45) is -0.670. The van der Waals surface area contributed by atoms with Crippen LogP contribution in [0.5, 0.6) is 0 Å². The third-order valence-electron chi connectivity index (χ3n) is 3.22. The summed E-state index contributed by atoms with van der Waals surface area (Å²) in [6.45, 7) is -0.159. The molecule has 0 aliphatic carbocycles. The third-order valence-corrected chi connectivity index (χ3v) is 3.22. The van der Waals surface area contributed by atoms with Gasteiger partial charge < -0.3 is 14.5 Å². The topological polar surface area (TPSA) is 93.3 Å². The van der Waals surface area contributed by atoms with Gasteiger partial charge in [-0.1, -0.05) is 42.5 Å². The number of aromatic amines is 1. The van der Waals surface area contributed by atoms with Crippen LogP contribution in [-0.2, 0) is 16.1 Å². The molecule has 0 fully saturated rings. The molecule has 1 aromatic heterocycles. The fraction of sp³-hybridized carbons (Fsp3) is 0.118. The first-order valence-electron chi connectivity index (χ1n) is 7.29. The van der Waals surface area contributed by atoms with E-state index in [-0.39, 0.29) is 19.2 Å². The molecule has 2 N–H and O–H groups in total. The first-order chi connectivity index (χ1) is 11.7. The predicted octanol–water partition coefficient (Wildman–Crippen LogP) is 2.60. The molecule has 2 aromatic carbocycles. The molecule has 0 saturated heterocycles. The van der Waals surface area contributed by atoms with E-state index in [9.17, 15) is 9.59 Å². The van der Waals surface area contributed by atoms with Crippen molar-refractivity contribution in [2.24, 2.45) is 0 Å². The number of imidazole rings is 1. The van der Waals surface area contributed by atoms with Crippen molar-refractivity contribution in [3.63, 3.8) is 0 Å². The van der Waals surface area contributed by atoms with Gasteiger partial charge in [0.25, 0.3) is 0 Å². The molecule has 0 aliphatic rings. The molecule has 0 unspecified atom stereocenters. The van der Waals surface area contributed by atoms with Crippen LogP contribution in [0.1, 0.15) is 16.2 Å². The first-order valence-corrected chi connectivity index (χ1v) is 7.29. The summed E-state index contributed by atoms with van der Waals surface area (Å²) < 4.78 is 9.93. The summed E-state index contributed by atoms with van der Waals surface area (Å²) in [5.41, 5.74) is 2.27. The number of ether oxygens (including phenoxy) is 2. The summed E-state index contributed by atoms with van der Waals surface area (Å²) in [4.78, 5) is 30.4. The summed E-state index contributed by atoms with van der Waals surface area (Å²) >= 11 is 0. The van der Waals surface area contributed by atoms with Gasteiger partial charge in [-0.05, 0) is 17.7 Å².